The van der Waals surface area contributed by atoms with E-state index in [4.69, 9.17) is 4.74 Å². The van der Waals surface area contributed by atoms with Gasteiger partial charge in [0.2, 0.25) is 11.8 Å². The number of hydrogen-bond acceptors (Lipinski definition) is 9. The third-order valence-electron chi connectivity index (χ3n) is 6.50. The van der Waals surface area contributed by atoms with E-state index in [1.54, 1.807) is 12.1 Å². The molecule has 10 nitrogen and oxygen atoms in total. The van der Waals surface area contributed by atoms with Crippen LogP contribution in [0.2, 0.25) is 0 Å². The first kappa shape index (κ1) is 24.3. The Kier molecular flexibility index (Phi) is 6.92. The molecule has 0 aliphatic carbocycles. The topological polar surface area (TPSA) is 108 Å². The normalized spacial score (nSPS) is 22.5. The van der Waals surface area contributed by atoms with Crippen molar-refractivity contribution in [2.24, 2.45) is 11.8 Å². The van der Waals surface area contributed by atoms with Gasteiger partial charge in [-0.15, -0.1) is 0 Å². The highest BCUT2D eigenvalue weighted by Crippen LogP contribution is 2.34. The summed E-state index contributed by atoms with van der Waals surface area (Å²) in [6, 6.07) is 11.1. The molecular formula is C25H28N6O4S. The van der Waals surface area contributed by atoms with E-state index >= 15 is 0 Å². The molecule has 1 aromatic carbocycles. The third kappa shape index (κ3) is 5.36. The number of carbonyl (C=O) groups is 3. The van der Waals surface area contributed by atoms with Gasteiger partial charge in [0.15, 0.2) is 0 Å². The highest BCUT2D eigenvalue weighted by atomic mass is 32.2. The van der Waals surface area contributed by atoms with Gasteiger partial charge in [-0.1, -0.05) is 18.2 Å². The summed E-state index contributed by atoms with van der Waals surface area (Å²) in [5, 5.41) is 1.87. The van der Waals surface area contributed by atoms with Crippen LogP contribution in [0.5, 0.6) is 5.88 Å². The minimum absolute atomic E-state index is 0.0693. The Balaban J connectivity index is 1.32. The van der Waals surface area contributed by atoms with E-state index in [1.165, 1.54) is 0 Å². The van der Waals surface area contributed by atoms with E-state index < -0.39 is 11.1 Å². The smallest absolute Gasteiger partial charge is 0.290 e. The number of imide groups is 1. The molecular weight excluding hydrogens is 480 g/mol. The van der Waals surface area contributed by atoms with Gasteiger partial charge in [-0.05, 0) is 44.1 Å². The zero-order valence-electron chi connectivity index (χ0n) is 20.2. The lowest BCUT2D eigenvalue weighted by Gasteiger charge is -2.22. The largest absolute Gasteiger partial charge is 0.476 e. The second-order valence-corrected chi connectivity index (χ2v) is 10.5. The molecule has 3 saturated heterocycles. The molecule has 1 N–H and O–H groups in total. The van der Waals surface area contributed by atoms with Crippen molar-refractivity contribution in [3.05, 3.63) is 52.6 Å². The first-order valence-electron chi connectivity index (χ1n) is 11.9. The number of nitrogens with one attached hydrogen (secondary N) is 1. The summed E-state index contributed by atoms with van der Waals surface area (Å²) in [6.07, 6.45) is 1.59. The van der Waals surface area contributed by atoms with Crippen molar-refractivity contribution in [3.63, 3.8) is 0 Å². The van der Waals surface area contributed by atoms with Crippen LogP contribution in [0.25, 0.3) is 6.08 Å². The van der Waals surface area contributed by atoms with Crippen LogP contribution in [0, 0.1) is 11.8 Å². The molecule has 188 valence electrons. The maximum absolute atomic E-state index is 12.9. The molecule has 0 spiro atoms. The number of rotatable bonds is 7. The van der Waals surface area contributed by atoms with Gasteiger partial charge in [-0.25, -0.2) is 4.98 Å². The number of thioether (sulfide) groups is 1. The van der Waals surface area contributed by atoms with Crippen molar-refractivity contribution in [1.29, 1.82) is 0 Å². The lowest BCUT2D eigenvalue weighted by molar-refractivity contribution is -0.115. The van der Waals surface area contributed by atoms with E-state index in [0.29, 0.717) is 54.6 Å². The second-order valence-electron chi connectivity index (χ2n) is 9.44. The predicted octanol–water partition coefficient (Wildman–Crippen LogP) is 1.95. The highest BCUT2D eigenvalue weighted by Gasteiger charge is 2.42. The van der Waals surface area contributed by atoms with Gasteiger partial charge in [-0.2, -0.15) is 4.98 Å². The zero-order chi connectivity index (χ0) is 25.2. The number of benzene rings is 1. The monoisotopic (exact) mass is 508 g/mol. The molecule has 0 bridgehead atoms. The predicted molar refractivity (Wildman–Crippen MR) is 137 cm³/mol. The van der Waals surface area contributed by atoms with Crippen LogP contribution in [0.15, 0.2) is 41.3 Å². The Morgan fingerprint density at radius 3 is 2.50 bits per heavy atom. The summed E-state index contributed by atoms with van der Waals surface area (Å²) in [5.41, 5.74) is 1.22. The number of hydrogen-bond donors (Lipinski definition) is 1. The Morgan fingerprint density at radius 1 is 1.14 bits per heavy atom. The fraction of sp³-hybridized carbons (Fsp3) is 0.400. The molecule has 3 aliphatic rings. The number of aromatic nitrogens is 2. The van der Waals surface area contributed by atoms with E-state index in [9.17, 15) is 14.4 Å². The number of amides is 3. The molecule has 2 aromatic rings. The van der Waals surface area contributed by atoms with Crippen molar-refractivity contribution < 1.29 is 19.1 Å². The minimum atomic E-state index is -0.431. The number of likely N-dealkylation sites (tertiary alicyclic amines) is 1. The van der Waals surface area contributed by atoms with E-state index in [2.05, 4.69) is 20.2 Å². The van der Waals surface area contributed by atoms with Gasteiger partial charge >= 0.3 is 0 Å². The minimum Gasteiger partial charge on any atom is -0.476 e. The molecule has 36 heavy (non-hydrogen) atoms. The summed E-state index contributed by atoms with van der Waals surface area (Å²) < 4.78 is 5.89. The fourth-order valence-corrected chi connectivity index (χ4v) is 5.36. The SMILES string of the molecule is CN(C)CCOc1cc(/C=C2\SC(=O)NC2=O)nc(N2CC3CN(C(=O)c4ccccc4)CC3C2)n1. The maximum Gasteiger partial charge on any atom is 0.290 e. The number of carbonyl (C=O) groups excluding carboxylic acids is 3. The first-order valence-corrected chi connectivity index (χ1v) is 12.7. The molecule has 3 amide bonds. The number of likely N-dealkylation sites (N-methyl/N-ethyl adjacent to an activating group) is 1. The van der Waals surface area contributed by atoms with Crippen LogP contribution in [-0.4, -0.2) is 90.2 Å². The lowest BCUT2D eigenvalue weighted by Crippen LogP contribution is -2.33. The van der Waals surface area contributed by atoms with Crippen molar-refractivity contribution >= 4 is 40.8 Å². The van der Waals surface area contributed by atoms with Crippen molar-refractivity contribution in [2.45, 2.75) is 0 Å². The van der Waals surface area contributed by atoms with Gasteiger partial charge in [0.25, 0.3) is 17.1 Å². The molecule has 1 aromatic heterocycles. The van der Waals surface area contributed by atoms with E-state index in [1.807, 2.05) is 54.2 Å². The second kappa shape index (κ2) is 10.3. The molecule has 3 fully saturated rings. The van der Waals surface area contributed by atoms with E-state index in [0.717, 1.165) is 31.4 Å². The van der Waals surface area contributed by atoms with E-state index in [-0.39, 0.29) is 10.8 Å². The summed E-state index contributed by atoms with van der Waals surface area (Å²) in [4.78, 5) is 52.2. The maximum atomic E-state index is 12.9. The molecule has 0 radical (unpaired) electrons. The standard InChI is InChI=1S/C25H28N6O4S/c1-29(2)8-9-35-21-11-19(10-20-22(32)28-25(34)36-20)26-24(27-21)31-14-17-12-30(13-18(17)15-31)23(33)16-6-4-3-5-7-16/h3-7,10-11,17-18H,8-9,12-15H2,1-2H3,(H,28,32,34)/b20-10-. The van der Waals surface area contributed by atoms with Crippen molar-refractivity contribution in [1.82, 2.24) is 25.1 Å². The van der Waals surface area contributed by atoms with Crippen molar-refractivity contribution in [2.75, 3.05) is 58.3 Å². The van der Waals surface area contributed by atoms with Gasteiger partial charge in [0.1, 0.15) is 6.61 Å². The van der Waals surface area contributed by atoms with Crippen LogP contribution >= 0.6 is 11.8 Å². The average Bonchev–Trinajstić information content (AvgIpc) is 3.52. The summed E-state index contributed by atoms with van der Waals surface area (Å²) in [7, 11) is 3.93. The number of anilines is 1. The molecule has 2 unspecified atom stereocenters. The van der Waals surface area contributed by atoms with Gasteiger partial charge in [0.05, 0.1) is 10.6 Å². The fourth-order valence-electron chi connectivity index (χ4n) is 4.69. The Hall–Kier alpha value is -3.44. The number of ether oxygens (including phenoxy) is 1. The Bertz CT molecular complexity index is 1190. The third-order valence-corrected chi connectivity index (χ3v) is 7.31. The van der Waals surface area contributed by atoms with Crippen LogP contribution in [-0.2, 0) is 4.79 Å². The van der Waals surface area contributed by atoms with Gasteiger partial charge in [-0.3, -0.25) is 19.7 Å². The highest BCUT2D eigenvalue weighted by molar-refractivity contribution is 8.18. The quantitative estimate of drug-likeness (QED) is 0.562. The zero-order valence-corrected chi connectivity index (χ0v) is 21.0. The van der Waals surface area contributed by atoms with Crippen LogP contribution in [0.4, 0.5) is 10.7 Å². The van der Waals surface area contributed by atoms with Crippen LogP contribution in [0.1, 0.15) is 16.1 Å². The summed E-state index contributed by atoms with van der Waals surface area (Å²) >= 11 is 0.851. The van der Waals surface area contributed by atoms with Crippen molar-refractivity contribution in [3.8, 4) is 5.88 Å². The first-order chi connectivity index (χ1) is 17.4. The Labute approximate surface area is 213 Å². The molecule has 11 heteroatoms. The Morgan fingerprint density at radius 2 is 1.86 bits per heavy atom. The number of fused-ring (bicyclic) bond motifs is 1. The number of nitrogens with zero attached hydrogens (tertiary/aromatic N) is 5. The summed E-state index contributed by atoms with van der Waals surface area (Å²) in [6.45, 7) is 4.03. The summed E-state index contributed by atoms with van der Waals surface area (Å²) in [5.74, 6) is 1.24. The molecule has 5 rings (SSSR count). The van der Waals surface area contributed by atoms with Crippen LogP contribution in [0.3, 0.4) is 0 Å². The molecule has 2 atom stereocenters. The van der Waals surface area contributed by atoms with Gasteiger partial charge in [0, 0.05) is 56.2 Å². The lowest BCUT2D eigenvalue weighted by atomic mass is 10.0. The van der Waals surface area contributed by atoms with Gasteiger partial charge < -0.3 is 19.4 Å². The molecule has 4 heterocycles. The average molecular weight is 509 g/mol. The van der Waals surface area contributed by atoms with Crippen LogP contribution < -0.4 is 15.0 Å². The molecule has 0 saturated carbocycles. The molecule has 3 aliphatic heterocycles.